The van der Waals surface area contributed by atoms with Gasteiger partial charge in [-0.3, -0.25) is 4.79 Å². The summed E-state index contributed by atoms with van der Waals surface area (Å²) in [4.78, 5) is 26.6. The number of aliphatic carboxylic acids is 1. The molecule has 1 aliphatic rings. The number of aromatic nitrogens is 2. The maximum Gasteiger partial charge on any atom is 0.315 e. The van der Waals surface area contributed by atoms with Gasteiger partial charge in [-0.05, 0) is 26.2 Å². The molecule has 2 unspecified atom stereocenters. The number of urea groups is 1. The maximum atomic E-state index is 11.7. The van der Waals surface area contributed by atoms with Crippen molar-refractivity contribution >= 4 is 12.0 Å². The van der Waals surface area contributed by atoms with E-state index in [1.54, 1.807) is 6.92 Å². The third-order valence-electron chi connectivity index (χ3n) is 3.33. The number of aryl methyl sites for hydroxylation is 1. The molecule has 1 heterocycles. The van der Waals surface area contributed by atoms with Gasteiger partial charge in [0.15, 0.2) is 5.82 Å². The van der Waals surface area contributed by atoms with Crippen molar-refractivity contribution in [3.05, 3.63) is 11.7 Å². The zero-order valence-corrected chi connectivity index (χ0v) is 11.3. The number of hydrogen-bond acceptors (Lipinski definition) is 5. The highest BCUT2D eigenvalue weighted by Crippen LogP contribution is 2.24. The number of carboxylic acid groups (broad SMARTS) is 1. The normalized spacial score (nSPS) is 22.2. The summed E-state index contributed by atoms with van der Waals surface area (Å²) in [5.41, 5.74) is 0. The fraction of sp³-hybridized carbons (Fsp3) is 0.667. The predicted octanol–water partition coefficient (Wildman–Crippen LogP) is 0.821. The molecule has 8 heteroatoms. The molecule has 0 saturated heterocycles. The third kappa shape index (κ3) is 3.94. The molecule has 0 aliphatic heterocycles. The molecule has 0 aromatic carbocycles. The average Bonchev–Trinajstić information content (AvgIpc) is 2.82. The van der Waals surface area contributed by atoms with Crippen LogP contribution >= 0.6 is 0 Å². The fourth-order valence-corrected chi connectivity index (χ4v) is 2.35. The van der Waals surface area contributed by atoms with Gasteiger partial charge in [-0.15, -0.1) is 0 Å². The Morgan fingerprint density at radius 3 is 2.90 bits per heavy atom. The van der Waals surface area contributed by atoms with Gasteiger partial charge in [-0.2, -0.15) is 4.98 Å². The molecular formula is C12H18N4O4. The van der Waals surface area contributed by atoms with Gasteiger partial charge >= 0.3 is 12.0 Å². The fourth-order valence-electron chi connectivity index (χ4n) is 2.35. The Hall–Kier alpha value is -2.12. The molecule has 1 aliphatic carbocycles. The Kier molecular flexibility index (Phi) is 4.54. The quantitative estimate of drug-likeness (QED) is 0.752. The van der Waals surface area contributed by atoms with E-state index in [9.17, 15) is 9.59 Å². The standard InChI is InChI=1S/C12H18N4O4/c1-7-14-10(20-16-7)6-13-12(19)15-9-4-2-3-8(5-9)11(17)18/h8-9H,2-6H2,1H3,(H,17,18)(H2,13,15,19). The number of nitrogens with zero attached hydrogens (tertiary/aromatic N) is 2. The van der Waals surface area contributed by atoms with Gasteiger partial charge in [-0.1, -0.05) is 11.6 Å². The molecular weight excluding hydrogens is 264 g/mol. The SMILES string of the molecule is Cc1noc(CNC(=O)NC2CCCC(C(=O)O)C2)n1. The highest BCUT2D eigenvalue weighted by atomic mass is 16.5. The minimum atomic E-state index is -0.793. The molecule has 8 nitrogen and oxygen atoms in total. The van der Waals surface area contributed by atoms with Gasteiger partial charge in [0.05, 0.1) is 12.5 Å². The van der Waals surface area contributed by atoms with Crippen LogP contribution in [0.25, 0.3) is 0 Å². The molecule has 2 rings (SSSR count). The first kappa shape index (κ1) is 14.3. The Morgan fingerprint density at radius 2 is 2.25 bits per heavy atom. The van der Waals surface area contributed by atoms with Crippen molar-refractivity contribution in [1.82, 2.24) is 20.8 Å². The predicted molar refractivity (Wildman–Crippen MR) is 67.8 cm³/mol. The minimum Gasteiger partial charge on any atom is -0.481 e. The lowest BCUT2D eigenvalue weighted by Crippen LogP contribution is -2.44. The third-order valence-corrected chi connectivity index (χ3v) is 3.33. The number of carboxylic acids is 1. The van der Waals surface area contributed by atoms with Crippen LogP contribution in [-0.4, -0.2) is 33.3 Å². The molecule has 0 spiro atoms. The first-order chi connectivity index (χ1) is 9.54. The topological polar surface area (TPSA) is 117 Å². The van der Waals surface area contributed by atoms with Gasteiger partial charge in [0.2, 0.25) is 5.89 Å². The van der Waals surface area contributed by atoms with E-state index >= 15 is 0 Å². The van der Waals surface area contributed by atoms with Gasteiger partial charge in [-0.25, -0.2) is 4.79 Å². The molecule has 20 heavy (non-hydrogen) atoms. The van der Waals surface area contributed by atoms with E-state index in [1.807, 2.05) is 0 Å². The monoisotopic (exact) mass is 282 g/mol. The first-order valence-corrected chi connectivity index (χ1v) is 6.61. The molecule has 1 saturated carbocycles. The van der Waals surface area contributed by atoms with Crippen molar-refractivity contribution in [3.8, 4) is 0 Å². The van der Waals surface area contributed by atoms with Gasteiger partial charge in [0.1, 0.15) is 0 Å². The molecule has 1 fully saturated rings. The van der Waals surface area contributed by atoms with Crippen LogP contribution in [0.2, 0.25) is 0 Å². The summed E-state index contributed by atoms with van der Waals surface area (Å²) in [6.45, 7) is 1.85. The van der Waals surface area contributed by atoms with Crippen LogP contribution in [0.15, 0.2) is 4.52 Å². The van der Waals surface area contributed by atoms with Crippen molar-refractivity contribution in [2.75, 3.05) is 0 Å². The molecule has 0 radical (unpaired) electrons. The van der Waals surface area contributed by atoms with Crippen molar-refractivity contribution < 1.29 is 19.2 Å². The summed E-state index contributed by atoms with van der Waals surface area (Å²) in [5.74, 6) is -0.311. The Bertz CT molecular complexity index is 488. The lowest BCUT2D eigenvalue weighted by Gasteiger charge is -2.27. The number of carbonyl (C=O) groups is 2. The van der Waals surface area contributed by atoms with E-state index in [-0.39, 0.29) is 24.5 Å². The second-order valence-corrected chi connectivity index (χ2v) is 4.96. The van der Waals surface area contributed by atoms with E-state index in [2.05, 4.69) is 20.8 Å². The van der Waals surface area contributed by atoms with Crippen LogP contribution in [-0.2, 0) is 11.3 Å². The minimum absolute atomic E-state index is 0.103. The van der Waals surface area contributed by atoms with Crippen molar-refractivity contribution in [1.29, 1.82) is 0 Å². The largest absolute Gasteiger partial charge is 0.481 e. The summed E-state index contributed by atoms with van der Waals surface area (Å²) in [6, 6.07) is -0.453. The van der Waals surface area contributed by atoms with Crippen LogP contribution in [0.3, 0.4) is 0 Å². The lowest BCUT2D eigenvalue weighted by molar-refractivity contribution is -0.143. The number of hydrogen-bond donors (Lipinski definition) is 3. The second-order valence-electron chi connectivity index (χ2n) is 4.96. The molecule has 110 valence electrons. The van der Waals surface area contributed by atoms with Crippen LogP contribution in [0.4, 0.5) is 4.79 Å². The molecule has 1 aromatic rings. The lowest BCUT2D eigenvalue weighted by atomic mass is 9.86. The number of carbonyl (C=O) groups excluding carboxylic acids is 1. The van der Waals surface area contributed by atoms with E-state index in [0.717, 1.165) is 12.8 Å². The number of nitrogens with one attached hydrogen (secondary N) is 2. The van der Waals surface area contributed by atoms with E-state index in [0.29, 0.717) is 24.6 Å². The summed E-state index contributed by atoms with van der Waals surface area (Å²) in [7, 11) is 0. The van der Waals surface area contributed by atoms with Crippen LogP contribution < -0.4 is 10.6 Å². The zero-order chi connectivity index (χ0) is 14.5. The Morgan fingerprint density at radius 1 is 1.45 bits per heavy atom. The van der Waals surface area contributed by atoms with E-state index in [4.69, 9.17) is 9.63 Å². The van der Waals surface area contributed by atoms with Crippen molar-refractivity contribution in [3.63, 3.8) is 0 Å². The maximum absolute atomic E-state index is 11.7. The van der Waals surface area contributed by atoms with Crippen molar-refractivity contribution in [2.24, 2.45) is 5.92 Å². The van der Waals surface area contributed by atoms with Crippen LogP contribution in [0.1, 0.15) is 37.4 Å². The number of rotatable bonds is 4. The van der Waals surface area contributed by atoms with Gasteiger partial charge < -0.3 is 20.3 Å². The molecule has 2 atom stereocenters. The van der Waals surface area contributed by atoms with E-state index < -0.39 is 5.97 Å². The van der Waals surface area contributed by atoms with Crippen LogP contribution in [0, 0.1) is 12.8 Å². The Labute approximate surface area is 115 Å². The van der Waals surface area contributed by atoms with Crippen molar-refractivity contribution in [2.45, 2.75) is 45.2 Å². The highest BCUT2D eigenvalue weighted by molar-refractivity contribution is 5.74. The molecule has 2 amide bonds. The smallest absolute Gasteiger partial charge is 0.315 e. The summed E-state index contributed by atoms with van der Waals surface area (Å²) < 4.78 is 4.87. The highest BCUT2D eigenvalue weighted by Gasteiger charge is 2.27. The molecule has 0 bridgehead atoms. The van der Waals surface area contributed by atoms with Gasteiger partial charge in [0.25, 0.3) is 0 Å². The summed E-state index contributed by atoms with van der Waals surface area (Å²) in [6.07, 6.45) is 2.76. The molecule has 3 N–H and O–H groups in total. The van der Waals surface area contributed by atoms with E-state index in [1.165, 1.54) is 0 Å². The van der Waals surface area contributed by atoms with Gasteiger partial charge in [0, 0.05) is 6.04 Å². The number of amides is 2. The molecule has 1 aromatic heterocycles. The zero-order valence-electron chi connectivity index (χ0n) is 11.3. The van der Waals surface area contributed by atoms with Crippen LogP contribution in [0.5, 0.6) is 0 Å². The first-order valence-electron chi connectivity index (χ1n) is 6.61. The summed E-state index contributed by atoms with van der Waals surface area (Å²) in [5, 5.41) is 18.0. The average molecular weight is 282 g/mol. The second kappa shape index (κ2) is 6.36. The summed E-state index contributed by atoms with van der Waals surface area (Å²) >= 11 is 0. The Balaban J connectivity index is 1.75.